The molecule has 2 saturated heterocycles. The van der Waals surface area contributed by atoms with Crippen LogP contribution in [0.25, 0.3) is 0 Å². The van der Waals surface area contributed by atoms with E-state index in [4.69, 9.17) is 0 Å². The van der Waals surface area contributed by atoms with Gasteiger partial charge < -0.3 is 20.6 Å². The van der Waals surface area contributed by atoms with E-state index >= 15 is 0 Å². The molecule has 8 heteroatoms. The fourth-order valence-electron chi connectivity index (χ4n) is 3.96. The minimum absolute atomic E-state index is 0.0852. The van der Waals surface area contributed by atoms with Gasteiger partial charge in [-0.3, -0.25) is 19.7 Å². The number of amides is 3. The fraction of sp³-hybridized carbons (Fsp3) is 0.526. The second kappa shape index (κ2) is 6.70. The maximum atomic E-state index is 12.8. The third-order valence-electron chi connectivity index (χ3n) is 5.95. The van der Waals surface area contributed by atoms with E-state index in [0.29, 0.717) is 38.2 Å². The molecule has 3 amide bonds. The van der Waals surface area contributed by atoms with Crippen molar-refractivity contribution in [3.05, 3.63) is 34.9 Å². The zero-order valence-electron chi connectivity index (χ0n) is 15.2. The molecule has 0 saturated carbocycles. The van der Waals surface area contributed by atoms with Crippen molar-refractivity contribution < 1.29 is 19.5 Å². The molecule has 3 aliphatic heterocycles. The quantitative estimate of drug-likeness (QED) is 0.507. The highest BCUT2D eigenvalue weighted by molar-refractivity contribution is 6.05. The molecule has 0 spiro atoms. The summed E-state index contributed by atoms with van der Waals surface area (Å²) in [6.07, 6.45) is 0.601. The zero-order chi connectivity index (χ0) is 19.2. The molecule has 4 rings (SSSR count). The normalized spacial score (nSPS) is 25.0. The van der Waals surface area contributed by atoms with Gasteiger partial charge in [0, 0.05) is 44.2 Å². The summed E-state index contributed by atoms with van der Waals surface area (Å²) in [6, 6.07) is 4.89. The third-order valence-corrected chi connectivity index (χ3v) is 5.95. The molecule has 0 aliphatic carbocycles. The first-order valence-corrected chi connectivity index (χ1v) is 9.31. The molecular weight excluding hydrogens is 348 g/mol. The summed E-state index contributed by atoms with van der Waals surface area (Å²) >= 11 is 0. The first-order chi connectivity index (χ1) is 12.9. The molecule has 1 aromatic carbocycles. The van der Waals surface area contributed by atoms with Gasteiger partial charge in [-0.2, -0.15) is 0 Å². The molecule has 27 heavy (non-hydrogen) atoms. The van der Waals surface area contributed by atoms with Crippen LogP contribution < -0.4 is 16.0 Å². The highest BCUT2D eigenvalue weighted by Gasteiger charge is 2.41. The standard InChI is InChI=1S/C19H24N4O4/c1-11(19(27)9-20-10-19)21-7-12-3-2-4-13-14(12)8-23(18(13)26)15-5-6-16(24)22-17(15)25/h2-4,11,15,20-21,27H,5-10H2,1H3,(H,22,24,25). The van der Waals surface area contributed by atoms with Crippen LogP contribution in [0.2, 0.25) is 0 Å². The number of hydrogen-bond donors (Lipinski definition) is 4. The number of aliphatic hydroxyl groups is 1. The van der Waals surface area contributed by atoms with Crippen LogP contribution in [0.3, 0.4) is 0 Å². The van der Waals surface area contributed by atoms with E-state index in [1.807, 2.05) is 19.1 Å². The zero-order valence-corrected chi connectivity index (χ0v) is 15.2. The summed E-state index contributed by atoms with van der Waals surface area (Å²) < 4.78 is 0. The van der Waals surface area contributed by atoms with E-state index in [-0.39, 0.29) is 24.3 Å². The van der Waals surface area contributed by atoms with Gasteiger partial charge in [-0.25, -0.2) is 0 Å². The number of nitrogens with one attached hydrogen (secondary N) is 3. The summed E-state index contributed by atoms with van der Waals surface area (Å²) in [6.45, 7) is 3.97. The summed E-state index contributed by atoms with van der Waals surface area (Å²) in [5.74, 6) is -0.862. The molecule has 8 nitrogen and oxygen atoms in total. The summed E-state index contributed by atoms with van der Waals surface area (Å²) in [7, 11) is 0. The Kier molecular flexibility index (Phi) is 4.49. The third kappa shape index (κ3) is 3.13. The largest absolute Gasteiger partial charge is 0.386 e. The lowest BCUT2D eigenvalue weighted by atomic mass is 9.89. The number of carbonyl (C=O) groups is 3. The van der Waals surface area contributed by atoms with Crippen molar-refractivity contribution in [3.8, 4) is 0 Å². The Morgan fingerprint density at radius 1 is 1.33 bits per heavy atom. The van der Waals surface area contributed by atoms with Crippen LogP contribution in [0.5, 0.6) is 0 Å². The predicted molar refractivity (Wildman–Crippen MR) is 96.6 cm³/mol. The number of carbonyl (C=O) groups excluding carboxylic acids is 3. The monoisotopic (exact) mass is 372 g/mol. The SMILES string of the molecule is CC(NCc1cccc2c1CN(C1CCC(=O)NC1=O)C2=O)C1(O)CNC1. The molecule has 0 aromatic heterocycles. The Morgan fingerprint density at radius 2 is 2.11 bits per heavy atom. The molecular formula is C19H24N4O4. The number of hydrogen-bond acceptors (Lipinski definition) is 6. The molecule has 2 fully saturated rings. The Hall–Kier alpha value is -2.29. The van der Waals surface area contributed by atoms with Gasteiger partial charge in [0.1, 0.15) is 11.6 Å². The van der Waals surface area contributed by atoms with Crippen LogP contribution in [-0.4, -0.2) is 58.5 Å². The first kappa shape index (κ1) is 18.1. The van der Waals surface area contributed by atoms with E-state index in [9.17, 15) is 19.5 Å². The van der Waals surface area contributed by atoms with Crippen LogP contribution in [-0.2, 0) is 22.7 Å². The predicted octanol–water partition coefficient (Wildman–Crippen LogP) is -0.740. The number of benzene rings is 1. The lowest BCUT2D eigenvalue weighted by Gasteiger charge is -2.42. The van der Waals surface area contributed by atoms with Gasteiger partial charge in [-0.15, -0.1) is 0 Å². The van der Waals surface area contributed by atoms with Crippen molar-refractivity contribution >= 4 is 17.7 Å². The average Bonchev–Trinajstić information content (AvgIpc) is 2.95. The number of piperidine rings is 1. The van der Waals surface area contributed by atoms with Gasteiger partial charge in [0.2, 0.25) is 11.8 Å². The van der Waals surface area contributed by atoms with Crippen molar-refractivity contribution in [3.63, 3.8) is 0 Å². The topological polar surface area (TPSA) is 111 Å². The lowest BCUT2D eigenvalue weighted by molar-refractivity contribution is -0.136. The van der Waals surface area contributed by atoms with Gasteiger partial charge in [0.05, 0.1) is 0 Å². The van der Waals surface area contributed by atoms with Gasteiger partial charge in [0.25, 0.3) is 5.91 Å². The number of rotatable bonds is 5. The van der Waals surface area contributed by atoms with E-state index < -0.39 is 17.6 Å². The van der Waals surface area contributed by atoms with Gasteiger partial charge in [-0.1, -0.05) is 12.1 Å². The summed E-state index contributed by atoms with van der Waals surface area (Å²) in [4.78, 5) is 37.9. The van der Waals surface area contributed by atoms with Crippen molar-refractivity contribution in [2.75, 3.05) is 13.1 Å². The molecule has 0 bridgehead atoms. The van der Waals surface area contributed by atoms with Crippen molar-refractivity contribution in [2.24, 2.45) is 0 Å². The molecule has 144 valence electrons. The minimum Gasteiger partial charge on any atom is -0.386 e. The Bertz CT molecular complexity index is 805. The van der Waals surface area contributed by atoms with Gasteiger partial charge in [-0.05, 0) is 30.5 Å². The van der Waals surface area contributed by atoms with Crippen LogP contribution in [0.15, 0.2) is 18.2 Å². The highest BCUT2D eigenvalue weighted by Crippen LogP contribution is 2.30. The second-order valence-corrected chi connectivity index (χ2v) is 7.65. The number of nitrogens with zero attached hydrogens (tertiary/aromatic N) is 1. The van der Waals surface area contributed by atoms with Crippen LogP contribution in [0.4, 0.5) is 0 Å². The summed E-state index contributed by atoms with van der Waals surface area (Å²) in [5.41, 5.74) is 1.76. The second-order valence-electron chi connectivity index (χ2n) is 7.65. The first-order valence-electron chi connectivity index (χ1n) is 9.31. The van der Waals surface area contributed by atoms with Crippen molar-refractivity contribution in [1.29, 1.82) is 0 Å². The fourth-order valence-corrected chi connectivity index (χ4v) is 3.96. The van der Waals surface area contributed by atoms with Crippen LogP contribution in [0, 0.1) is 0 Å². The van der Waals surface area contributed by atoms with Crippen molar-refractivity contribution in [2.45, 2.75) is 50.5 Å². The van der Waals surface area contributed by atoms with Crippen molar-refractivity contribution in [1.82, 2.24) is 20.9 Å². The van der Waals surface area contributed by atoms with E-state index in [0.717, 1.165) is 11.1 Å². The number of imide groups is 1. The molecule has 0 radical (unpaired) electrons. The molecule has 3 heterocycles. The van der Waals surface area contributed by atoms with Crippen LogP contribution in [0.1, 0.15) is 41.3 Å². The molecule has 2 atom stereocenters. The van der Waals surface area contributed by atoms with E-state index in [1.54, 1.807) is 11.0 Å². The number of β-amino-alcohol motifs (C(OH)–C–C–N with tert-alkyl or cyclic N) is 1. The Balaban J connectivity index is 1.49. The molecule has 3 aliphatic rings. The van der Waals surface area contributed by atoms with E-state index in [2.05, 4.69) is 16.0 Å². The average molecular weight is 372 g/mol. The maximum Gasteiger partial charge on any atom is 0.255 e. The molecule has 2 unspecified atom stereocenters. The lowest BCUT2D eigenvalue weighted by Crippen LogP contribution is -2.68. The van der Waals surface area contributed by atoms with Crippen LogP contribution >= 0.6 is 0 Å². The minimum atomic E-state index is -0.744. The number of fused-ring (bicyclic) bond motifs is 1. The van der Waals surface area contributed by atoms with Gasteiger partial charge >= 0.3 is 0 Å². The van der Waals surface area contributed by atoms with Gasteiger partial charge in [0.15, 0.2) is 0 Å². The smallest absolute Gasteiger partial charge is 0.255 e. The maximum absolute atomic E-state index is 12.8. The Morgan fingerprint density at radius 3 is 2.78 bits per heavy atom. The molecule has 1 aromatic rings. The molecule has 4 N–H and O–H groups in total. The van der Waals surface area contributed by atoms with E-state index in [1.165, 1.54) is 0 Å². The highest BCUT2D eigenvalue weighted by atomic mass is 16.3. The summed E-state index contributed by atoms with van der Waals surface area (Å²) in [5, 5.41) is 19.1. The Labute approximate surface area is 157 Å².